The Morgan fingerprint density at radius 3 is 2.69 bits per heavy atom. The number of hydrogen-bond donors (Lipinski definition) is 0. The van der Waals surface area contributed by atoms with Gasteiger partial charge in [0.25, 0.3) is 0 Å². The van der Waals surface area contributed by atoms with E-state index in [1.54, 1.807) is 19.2 Å². The molecule has 0 spiro atoms. The van der Waals surface area contributed by atoms with E-state index < -0.39 is 0 Å². The lowest BCUT2D eigenvalue weighted by Gasteiger charge is -2.07. The van der Waals surface area contributed by atoms with Crippen LogP contribution < -0.4 is 4.74 Å². The molecule has 0 radical (unpaired) electrons. The highest BCUT2D eigenvalue weighted by Gasteiger charge is 2.08. The number of methoxy groups -OCH3 is 1. The van der Waals surface area contributed by atoms with Gasteiger partial charge in [0.2, 0.25) is 0 Å². The summed E-state index contributed by atoms with van der Waals surface area (Å²) >= 11 is 7.41. The van der Waals surface area contributed by atoms with Gasteiger partial charge in [-0.05, 0) is 18.4 Å². The summed E-state index contributed by atoms with van der Waals surface area (Å²) in [5, 5.41) is 9.16. The summed E-state index contributed by atoms with van der Waals surface area (Å²) < 4.78 is 5.10. The van der Waals surface area contributed by atoms with Crippen molar-refractivity contribution in [3.63, 3.8) is 0 Å². The lowest BCUT2D eigenvalue weighted by atomic mass is 10.2. The third-order valence-corrected chi connectivity index (χ3v) is 2.59. The van der Waals surface area contributed by atoms with Crippen LogP contribution in [0.5, 0.6) is 5.75 Å². The zero-order valence-electron chi connectivity index (χ0n) is 7.30. The molecule has 0 aliphatic carbocycles. The van der Waals surface area contributed by atoms with Gasteiger partial charge in [0.05, 0.1) is 28.7 Å². The molecule has 0 fully saturated rings. The highest BCUT2D eigenvalue weighted by Crippen LogP contribution is 2.35. The van der Waals surface area contributed by atoms with Crippen LogP contribution in [0.4, 0.5) is 0 Å². The predicted octanol–water partition coefficient (Wildman–Crippen LogP) is 2.94. The van der Waals surface area contributed by atoms with Crippen molar-refractivity contribution in [1.29, 1.82) is 5.26 Å². The molecule has 0 unspecified atom stereocenters. The molecule has 0 aliphatic rings. The maximum atomic E-state index is 8.69. The van der Waals surface area contributed by atoms with Crippen molar-refractivity contribution in [3.8, 4) is 11.8 Å². The number of ether oxygens (including phenoxy) is 1. The van der Waals surface area contributed by atoms with E-state index in [1.807, 2.05) is 12.3 Å². The minimum absolute atomic E-state index is 0.478. The number of hydrogen-bond acceptors (Lipinski definition) is 3. The van der Waals surface area contributed by atoms with Gasteiger partial charge in [-0.3, -0.25) is 0 Å². The minimum Gasteiger partial charge on any atom is -0.494 e. The lowest BCUT2D eigenvalue weighted by molar-refractivity contribution is 0.405. The van der Waals surface area contributed by atoms with Crippen molar-refractivity contribution in [2.45, 2.75) is 4.90 Å². The third kappa shape index (κ3) is 2.09. The Kier molecular flexibility index (Phi) is 3.47. The molecule has 0 amide bonds. The molecule has 13 heavy (non-hydrogen) atoms. The maximum Gasteiger partial charge on any atom is 0.151 e. The molecule has 68 valence electrons. The topological polar surface area (TPSA) is 33.0 Å². The molecule has 0 saturated carbocycles. The van der Waals surface area contributed by atoms with Crippen LogP contribution in [0.1, 0.15) is 5.56 Å². The van der Waals surface area contributed by atoms with E-state index in [0.29, 0.717) is 16.3 Å². The Morgan fingerprint density at radius 2 is 2.23 bits per heavy atom. The van der Waals surface area contributed by atoms with Gasteiger partial charge in [-0.25, -0.2) is 0 Å². The molecule has 1 rings (SSSR count). The van der Waals surface area contributed by atoms with Crippen molar-refractivity contribution in [2.24, 2.45) is 0 Å². The summed E-state index contributed by atoms with van der Waals surface area (Å²) in [6, 6.07) is 5.40. The fraction of sp³-hybridized carbons (Fsp3) is 0.222. The second kappa shape index (κ2) is 4.40. The normalized spacial score (nSPS) is 9.38. The van der Waals surface area contributed by atoms with Crippen LogP contribution in [0, 0.1) is 11.3 Å². The van der Waals surface area contributed by atoms with E-state index in [4.69, 9.17) is 21.6 Å². The van der Waals surface area contributed by atoms with Gasteiger partial charge in [0, 0.05) is 0 Å². The molecule has 0 heterocycles. The fourth-order valence-electron chi connectivity index (χ4n) is 0.982. The van der Waals surface area contributed by atoms with Crippen LogP contribution >= 0.6 is 23.4 Å². The van der Waals surface area contributed by atoms with Gasteiger partial charge in [-0.15, -0.1) is 11.8 Å². The Hall–Kier alpha value is -0.850. The third-order valence-electron chi connectivity index (χ3n) is 1.56. The minimum atomic E-state index is 0.478. The molecule has 0 saturated heterocycles. The van der Waals surface area contributed by atoms with Crippen LogP contribution in [-0.2, 0) is 0 Å². The molecule has 1 aromatic rings. The van der Waals surface area contributed by atoms with E-state index in [-0.39, 0.29) is 0 Å². The second-order valence-electron chi connectivity index (χ2n) is 2.31. The summed E-state index contributed by atoms with van der Waals surface area (Å²) in [4.78, 5) is 0.881. The smallest absolute Gasteiger partial charge is 0.151 e. The largest absolute Gasteiger partial charge is 0.494 e. The Bertz CT molecular complexity index is 359. The molecule has 0 aliphatic heterocycles. The molecular weight excluding hydrogens is 206 g/mol. The molecule has 0 atom stereocenters. The maximum absolute atomic E-state index is 8.69. The van der Waals surface area contributed by atoms with E-state index in [1.165, 1.54) is 11.8 Å². The number of rotatable bonds is 2. The molecule has 4 heteroatoms. The van der Waals surface area contributed by atoms with Crippen molar-refractivity contribution in [1.82, 2.24) is 0 Å². The van der Waals surface area contributed by atoms with Crippen molar-refractivity contribution < 1.29 is 4.74 Å². The first-order valence-corrected chi connectivity index (χ1v) is 5.14. The number of benzene rings is 1. The van der Waals surface area contributed by atoms with Gasteiger partial charge >= 0.3 is 0 Å². The number of nitriles is 1. The molecule has 0 aromatic heterocycles. The van der Waals surface area contributed by atoms with Crippen LogP contribution in [0.2, 0.25) is 5.02 Å². The van der Waals surface area contributed by atoms with Gasteiger partial charge < -0.3 is 4.74 Å². The Morgan fingerprint density at radius 1 is 1.54 bits per heavy atom. The molecule has 2 nitrogen and oxygen atoms in total. The monoisotopic (exact) mass is 213 g/mol. The Labute approximate surface area is 86.5 Å². The second-order valence-corrected chi connectivity index (χ2v) is 3.56. The predicted molar refractivity (Wildman–Crippen MR) is 54.5 cm³/mol. The first-order chi connectivity index (χ1) is 6.22. The summed E-state index contributed by atoms with van der Waals surface area (Å²) in [6.45, 7) is 0. The highest BCUT2D eigenvalue weighted by molar-refractivity contribution is 7.98. The van der Waals surface area contributed by atoms with Crippen LogP contribution in [0.15, 0.2) is 17.0 Å². The van der Waals surface area contributed by atoms with Gasteiger partial charge in [-0.2, -0.15) is 5.26 Å². The molecule has 1 aromatic carbocycles. The van der Waals surface area contributed by atoms with Crippen LogP contribution in [0.25, 0.3) is 0 Å². The fourth-order valence-corrected chi connectivity index (χ4v) is 1.96. The van der Waals surface area contributed by atoms with E-state index in [0.717, 1.165) is 4.90 Å². The van der Waals surface area contributed by atoms with Crippen molar-refractivity contribution in [3.05, 3.63) is 22.7 Å². The first-order valence-electron chi connectivity index (χ1n) is 3.54. The van der Waals surface area contributed by atoms with E-state index in [9.17, 15) is 0 Å². The zero-order valence-corrected chi connectivity index (χ0v) is 8.87. The van der Waals surface area contributed by atoms with E-state index >= 15 is 0 Å². The standard InChI is InChI=1S/C9H8ClNOS/c1-12-9-7(10)3-6(5-11)4-8(9)13-2/h3-4H,1-2H3. The Balaban J connectivity index is 3.31. The summed E-state index contributed by atoms with van der Waals surface area (Å²) in [7, 11) is 1.56. The van der Waals surface area contributed by atoms with Crippen molar-refractivity contribution in [2.75, 3.05) is 13.4 Å². The average molecular weight is 214 g/mol. The first kappa shape index (κ1) is 10.2. The lowest BCUT2D eigenvalue weighted by Crippen LogP contribution is -1.88. The SMILES string of the molecule is COc1c(Cl)cc(C#N)cc1SC. The molecule has 0 bridgehead atoms. The van der Waals surface area contributed by atoms with Gasteiger partial charge in [0.1, 0.15) is 0 Å². The van der Waals surface area contributed by atoms with Gasteiger partial charge in [-0.1, -0.05) is 11.6 Å². The summed E-state index contributed by atoms with van der Waals surface area (Å²) in [6.07, 6.45) is 1.91. The van der Waals surface area contributed by atoms with E-state index in [2.05, 4.69) is 0 Å². The van der Waals surface area contributed by atoms with Crippen LogP contribution in [-0.4, -0.2) is 13.4 Å². The number of thioether (sulfide) groups is 1. The zero-order chi connectivity index (χ0) is 9.84. The number of halogens is 1. The van der Waals surface area contributed by atoms with Crippen LogP contribution in [0.3, 0.4) is 0 Å². The van der Waals surface area contributed by atoms with Gasteiger partial charge in [0.15, 0.2) is 5.75 Å². The molecule has 0 N–H and O–H groups in total. The summed E-state index contributed by atoms with van der Waals surface area (Å²) in [5.74, 6) is 0.633. The summed E-state index contributed by atoms with van der Waals surface area (Å²) in [5.41, 5.74) is 0.551. The number of nitrogens with zero attached hydrogens (tertiary/aromatic N) is 1. The molecular formula is C9H8ClNOS. The quantitative estimate of drug-likeness (QED) is 0.709. The highest BCUT2D eigenvalue weighted by atomic mass is 35.5. The average Bonchev–Trinajstić information content (AvgIpc) is 2.16. The van der Waals surface area contributed by atoms with Crippen molar-refractivity contribution >= 4 is 23.4 Å².